The van der Waals surface area contributed by atoms with Gasteiger partial charge in [0.15, 0.2) is 0 Å². The van der Waals surface area contributed by atoms with Gasteiger partial charge in [-0.15, -0.1) is 5.10 Å². The first-order valence-corrected chi connectivity index (χ1v) is 19.3. The molecule has 18 heteroatoms. The Morgan fingerprint density at radius 1 is 0.789 bits per heavy atom. The Kier molecular flexibility index (Phi) is 21.2. The molecule has 2 aromatic rings. The van der Waals surface area contributed by atoms with Crippen molar-refractivity contribution in [1.82, 2.24) is 30.9 Å². The summed E-state index contributed by atoms with van der Waals surface area (Å²) in [6, 6.07) is 4.14. The molecule has 2 atom stereocenters. The Labute approximate surface area is 336 Å². The summed E-state index contributed by atoms with van der Waals surface area (Å²) >= 11 is 0. The van der Waals surface area contributed by atoms with Crippen molar-refractivity contribution < 1.29 is 47.7 Å². The molecular weight excluding hydrogens is 740 g/mol. The Morgan fingerprint density at radius 3 is 1.93 bits per heavy atom. The topological polar surface area (TPSA) is 236 Å². The smallest absolute Gasteiger partial charge is 0.312 e. The van der Waals surface area contributed by atoms with Crippen LogP contribution < -0.4 is 27.0 Å². The molecule has 0 bridgehead atoms. The number of rotatable bonds is 26. The van der Waals surface area contributed by atoms with Crippen molar-refractivity contribution in [3.63, 3.8) is 0 Å². The average Bonchev–Trinajstić information content (AvgIpc) is 3.62. The zero-order chi connectivity index (χ0) is 42.4. The lowest BCUT2D eigenvalue weighted by Gasteiger charge is -2.25. The van der Waals surface area contributed by atoms with Crippen LogP contribution >= 0.6 is 0 Å². The number of aromatic nitrogens is 3. The van der Waals surface area contributed by atoms with Crippen molar-refractivity contribution in [2.75, 3.05) is 58.1 Å². The van der Waals surface area contributed by atoms with Gasteiger partial charge < -0.3 is 50.7 Å². The molecule has 0 aliphatic heterocycles. The van der Waals surface area contributed by atoms with Gasteiger partial charge in [-0.3, -0.25) is 19.2 Å². The summed E-state index contributed by atoms with van der Waals surface area (Å²) in [7, 11) is 0. The standard InChI is InChI=1S/C39H64N8O10/c1-27(2)33(44-32(48)15-17-53-18-19-54-20-21-55-22-23-56-26-30-24-47(46-45-30)39(6,7)8)35(50)43-31(10-9-16-41-37(40)52)34(49)42-29-13-11-28(12-14-29)25-57-36(51)38(3,4)5/h11-14,24,27,31,33H,9-10,15-23,25-26H2,1-8H3,(H,42,49)(H,43,50)(H,44,48)(H3,40,41,52)/t31-,33-/m0/s1. The highest BCUT2D eigenvalue weighted by atomic mass is 16.6. The fourth-order valence-corrected chi connectivity index (χ4v) is 4.80. The van der Waals surface area contributed by atoms with Crippen LogP contribution in [0.4, 0.5) is 10.5 Å². The normalized spacial score (nSPS) is 12.8. The minimum absolute atomic E-state index is 0.0141. The summed E-state index contributed by atoms with van der Waals surface area (Å²) < 4.78 is 29.3. The summed E-state index contributed by atoms with van der Waals surface area (Å²) in [5.74, 6) is -2.05. The van der Waals surface area contributed by atoms with E-state index in [4.69, 9.17) is 29.4 Å². The van der Waals surface area contributed by atoms with Gasteiger partial charge in [0.25, 0.3) is 0 Å². The first-order valence-electron chi connectivity index (χ1n) is 19.3. The van der Waals surface area contributed by atoms with Crippen molar-refractivity contribution in [2.45, 2.75) is 105 Å². The molecule has 1 aromatic heterocycles. The second kappa shape index (κ2) is 24.9. The van der Waals surface area contributed by atoms with E-state index in [0.717, 1.165) is 11.3 Å². The van der Waals surface area contributed by atoms with E-state index in [2.05, 4.69) is 31.6 Å². The first kappa shape index (κ1) is 48.5. The summed E-state index contributed by atoms with van der Waals surface area (Å²) in [5.41, 5.74) is 6.35. The number of hydrogen-bond donors (Lipinski definition) is 5. The molecule has 0 aliphatic carbocycles. The number of ether oxygens (including phenoxy) is 5. The molecular formula is C39H64N8O10. The molecule has 0 unspecified atom stereocenters. The largest absolute Gasteiger partial charge is 0.460 e. The number of carbonyl (C=O) groups is 5. The van der Waals surface area contributed by atoms with Crippen molar-refractivity contribution in [3.8, 4) is 0 Å². The average molecular weight is 805 g/mol. The molecule has 0 spiro atoms. The highest BCUT2D eigenvalue weighted by Crippen LogP contribution is 2.18. The van der Waals surface area contributed by atoms with Crippen LogP contribution in [0.15, 0.2) is 30.5 Å². The zero-order valence-corrected chi connectivity index (χ0v) is 34.8. The summed E-state index contributed by atoms with van der Waals surface area (Å²) in [5, 5.41) is 19.0. The number of benzene rings is 1. The fourth-order valence-electron chi connectivity index (χ4n) is 4.80. The number of nitrogens with one attached hydrogen (secondary N) is 4. The van der Waals surface area contributed by atoms with Crippen LogP contribution in [-0.4, -0.2) is 110 Å². The van der Waals surface area contributed by atoms with Gasteiger partial charge in [0, 0.05) is 18.7 Å². The molecule has 18 nitrogen and oxygen atoms in total. The quantitative estimate of drug-likeness (QED) is 0.0682. The number of primary amides is 1. The molecule has 0 saturated heterocycles. The minimum Gasteiger partial charge on any atom is -0.460 e. The molecule has 0 saturated carbocycles. The second-order valence-corrected chi connectivity index (χ2v) is 15.8. The minimum atomic E-state index is -0.993. The number of anilines is 1. The van der Waals surface area contributed by atoms with Crippen molar-refractivity contribution in [1.29, 1.82) is 0 Å². The highest BCUT2D eigenvalue weighted by molar-refractivity contribution is 5.98. The number of carbonyl (C=O) groups excluding carboxylic acids is 5. The van der Waals surface area contributed by atoms with Gasteiger partial charge in [0.2, 0.25) is 17.7 Å². The second-order valence-electron chi connectivity index (χ2n) is 15.8. The van der Waals surface area contributed by atoms with Gasteiger partial charge >= 0.3 is 12.0 Å². The number of nitrogens with two attached hydrogens (primary N) is 1. The van der Waals surface area contributed by atoms with Crippen LogP contribution in [0.3, 0.4) is 0 Å². The predicted molar refractivity (Wildman–Crippen MR) is 212 cm³/mol. The van der Waals surface area contributed by atoms with E-state index >= 15 is 0 Å². The lowest BCUT2D eigenvalue weighted by Crippen LogP contribution is -2.54. The van der Waals surface area contributed by atoms with Crippen molar-refractivity contribution in [2.24, 2.45) is 17.1 Å². The first-order chi connectivity index (χ1) is 26.9. The van der Waals surface area contributed by atoms with E-state index in [1.54, 1.807) is 63.6 Å². The maximum absolute atomic E-state index is 13.4. The molecule has 2 rings (SSSR count). The predicted octanol–water partition coefficient (Wildman–Crippen LogP) is 2.79. The Balaban J connectivity index is 1.72. The molecule has 0 radical (unpaired) electrons. The van der Waals surface area contributed by atoms with Crippen LogP contribution in [0, 0.1) is 11.3 Å². The molecule has 0 fully saturated rings. The van der Waals surface area contributed by atoms with E-state index in [0.29, 0.717) is 51.7 Å². The monoisotopic (exact) mass is 804 g/mol. The third kappa shape index (κ3) is 20.4. The summed E-state index contributed by atoms with van der Waals surface area (Å²) in [6.07, 6.45) is 2.40. The van der Waals surface area contributed by atoms with Crippen LogP contribution in [-0.2, 0) is 61.6 Å². The number of esters is 1. The number of urea groups is 1. The molecule has 0 aliphatic rings. The van der Waals surface area contributed by atoms with Gasteiger partial charge in [-0.25, -0.2) is 9.48 Å². The van der Waals surface area contributed by atoms with Crippen LogP contribution in [0.5, 0.6) is 0 Å². The van der Waals surface area contributed by atoms with E-state index in [1.807, 2.05) is 27.0 Å². The van der Waals surface area contributed by atoms with Crippen LogP contribution in [0.2, 0.25) is 0 Å². The Bertz CT molecular complexity index is 1540. The van der Waals surface area contributed by atoms with Gasteiger partial charge in [-0.05, 0) is 78.0 Å². The van der Waals surface area contributed by atoms with Gasteiger partial charge in [0.05, 0.1) is 70.0 Å². The Hall–Kier alpha value is -4.65. The van der Waals surface area contributed by atoms with Crippen molar-refractivity contribution >= 4 is 35.4 Å². The van der Waals surface area contributed by atoms with Gasteiger partial charge in [-0.2, -0.15) is 0 Å². The van der Waals surface area contributed by atoms with Crippen LogP contribution in [0.1, 0.15) is 85.9 Å². The van der Waals surface area contributed by atoms with E-state index in [9.17, 15) is 24.0 Å². The molecule has 57 heavy (non-hydrogen) atoms. The molecule has 1 heterocycles. The number of amides is 5. The zero-order valence-electron chi connectivity index (χ0n) is 34.8. The number of hydrogen-bond acceptors (Lipinski definition) is 12. The molecule has 5 amide bonds. The van der Waals surface area contributed by atoms with E-state index in [1.165, 1.54) is 0 Å². The third-order valence-electron chi connectivity index (χ3n) is 8.14. The molecule has 1 aromatic carbocycles. The van der Waals surface area contributed by atoms with Gasteiger partial charge in [0.1, 0.15) is 24.4 Å². The fraction of sp³-hybridized carbons (Fsp3) is 0.667. The van der Waals surface area contributed by atoms with E-state index in [-0.39, 0.29) is 62.5 Å². The van der Waals surface area contributed by atoms with Crippen LogP contribution in [0.25, 0.3) is 0 Å². The lowest BCUT2D eigenvalue weighted by atomic mass is 9.97. The maximum Gasteiger partial charge on any atom is 0.312 e. The van der Waals surface area contributed by atoms with Crippen molar-refractivity contribution in [3.05, 3.63) is 41.7 Å². The molecule has 320 valence electrons. The highest BCUT2D eigenvalue weighted by Gasteiger charge is 2.29. The SMILES string of the molecule is CC(C)[C@H](NC(=O)CCOCCOCCOCCOCc1cn(C(C)(C)C)nn1)C(=O)N[C@@H](CCCNC(N)=O)C(=O)Nc1ccc(COC(=O)C(C)(C)C)cc1. The van der Waals surface area contributed by atoms with Gasteiger partial charge in [-0.1, -0.05) is 31.2 Å². The third-order valence-corrected chi connectivity index (χ3v) is 8.14. The summed E-state index contributed by atoms with van der Waals surface area (Å²) in [6.45, 7) is 17.9. The summed E-state index contributed by atoms with van der Waals surface area (Å²) in [4.78, 5) is 62.8. The van der Waals surface area contributed by atoms with E-state index < -0.39 is 35.3 Å². The Morgan fingerprint density at radius 2 is 1.39 bits per heavy atom. The number of nitrogens with zero attached hydrogens (tertiary/aromatic N) is 3. The maximum atomic E-state index is 13.4. The molecule has 6 N–H and O–H groups in total. The lowest BCUT2D eigenvalue weighted by molar-refractivity contribution is -0.154.